The van der Waals surface area contributed by atoms with Gasteiger partial charge in [0.2, 0.25) is 5.91 Å². The Balaban J connectivity index is 0.000000381. The van der Waals surface area contributed by atoms with Crippen LogP contribution in [0, 0.1) is 0 Å². The van der Waals surface area contributed by atoms with Gasteiger partial charge in [0.15, 0.2) is 0 Å². The average molecular weight is 360 g/mol. The molecule has 1 fully saturated rings. The Morgan fingerprint density at radius 1 is 1.24 bits per heavy atom. The monoisotopic (exact) mass is 360 g/mol. The highest BCUT2D eigenvalue weighted by Gasteiger charge is 2.38. The number of nitrogens with one attached hydrogen (secondary N) is 2. The molecular weight excluding hydrogens is 337 g/mol. The lowest BCUT2D eigenvalue weighted by Crippen LogP contribution is -2.37. The molecule has 1 aliphatic heterocycles. The van der Waals surface area contributed by atoms with Crippen molar-refractivity contribution in [1.82, 2.24) is 10.6 Å². The van der Waals surface area contributed by atoms with Crippen molar-refractivity contribution in [2.75, 3.05) is 13.1 Å². The van der Waals surface area contributed by atoms with E-state index in [1.807, 2.05) is 18.2 Å². The van der Waals surface area contributed by atoms with Gasteiger partial charge in [-0.25, -0.2) is 4.79 Å². The fraction of sp³-hybridized carbons (Fsp3) is 0.529. The molecule has 0 spiro atoms. The Labute approximate surface area is 144 Å². The van der Waals surface area contributed by atoms with E-state index in [1.54, 1.807) is 0 Å². The molecular formula is C17H23F3N2O3. The molecule has 0 radical (unpaired) electrons. The topological polar surface area (TPSA) is 78.4 Å². The molecule has 0 unspecified atom stereocenters. The van der Waals surface area contributed by atoms with Crippen molar-refractivity contribution in [1.29, 1.82) is 0 Å². The average Bonchev–Trinajstić information content (AvgIpc) is 3.07. The zero-order chi connectivity index (χ0) is 18.7. The minimum absolute atomic E-state index is 0.180. The van der Waals surface area contributed by atoms with E-state index in [0.29, 0.717) is 12.5 Å². The first-order valence-electron chi connectivity index (χ1n) is 8.13. The number of rotatable bonds is 6. The first kappa shape index (κ1) is 21.0. The first-order chi connectivity index (χ1) is 11.8. The van der Waals surface area contributed by atoms with Crippen LogP contribution >= 0.6 is 0 Å². The third-order valence-electron chi connectivity index (χ3n) is 3.66. The van der Waals surface area contributed by atoms with Crippen molar-refractivity contribution in [2.24, 2.45) is 0 Å². The molecule has 3 N–H and O–H groups in total. The van der Waals surface area contributed by atoms with Crippen LogP contribution in [0.4, 0.5) is 13.2 Å². The van der Waals surface area contributed by atoms with Gasteiger partial charge in [-0.15, -0.1) is 0 Å². The lowest BCUT2D eigenvalue weighted by Gasteiger charge is -2.11. The van der Waals surface area contributed by atoms with Gasteiger partial charge >= 0.3 is 12.1 Å². The summed E-state index contributed by atoms with van der Waals surface area (Å²) in [7, 11) is 0. The summed E-state index contributed by atoms with van der Waals surface area (Å²) >= 11 is 0. The van der Waals surface area contributed by atoms with Gasteiger partial charge in [-0.2, -0.15) is 13.2 Å². The minimum Gasteiger partial charge on any atom is -0.475 e. The number of aryl methyl sites for hydroxylation is 1. The van der Waals surface area contributed by atoms with E-state index in [1.165, 1.54) is 18.4 Å². The largest absolute Gasteiger partial charge is 0.490 e. The molecule has 0 aliphatic carbocycles. The Morgan fingerprint density at radius 3 is 2.40 bits per heavy atom. The Morgan fingerprint density at radius 2 is 1.88 bits per heavy atom. The number of carboxylic acids is 1. The molecule has 1 amide bonds. The molecule has 1 heterocycles. The Bertz CT molecular complexity index is 530. The quantitative estimate of drug-likeness (QED) is 0.728. The third-order valence-corrected chi connectivity index (χ3v) is 3.66. The van der Waals surface area contributed by atoms with Crippen LogP contribution in [-0.4, -0.2) is 42.3 Å². The number of halogens is 3. The van der Waals surface area contributed by atoms with Crippen molar-refractivity contribution >= 4 is 11.9 Å². The SMILES string of the molecule is O=C(CCCc1ccccc1)NC[C@H]1CCCN1.O=C(O)C(F)(F)F. The molecule has 0 saturated carbocycles. The maximum Gasteiger partial charge on any atom is 0.490 e. The fourth-order valence-electron chi connectivity index (χ4n) is 2.35. The van der Waals surface area contributed by atoms with Crippen LogP contribution in [0.25, 0.3) is 0 Å². The summed E-state index contributed by atoms with van der Waals surface area (Å²) in [6.07, 6.45) is -0.135. The van der Waals surface area contributed by atoms with Gasteiger partial charge in [0, 0.05) is 19.0 Å². The first-order valence-corrected chi connectivity index (χ1v) is 8.13. The van der Waals surface area contributed by atoms with Gasteiger partial charge in [0.1, 0.15) is 0 Å². The number of benzene rings is 1. The zero-order valence-corrected chi connectivity index (χ0v) is 13.8. The normalized spacial score (nSPS) is 16.7. The van der Waals surface area contributed by atoms with Crippen LogP contribution in [0.3, 0.4) is 0 Å². The maximum atomic E-state index is 11.7. The molecule has 1 atom stereocenters. The number of carbonyl (C=O) groups excluding carboxylic acids is 1. The van der Waals surface area contributed by atoms with E-state index < -0.39 is 12.1 Å². The van der Waals surface area contributed by atoms with E-state index in [-0.39, 0.29) is 5.91 Å². The summed E-state index contributed by atoms with van der Waals surface area (Å²) in [5.74, 6) is -2.58. The van der Waals surface area contributed by atoms with Gasteiger partial charge in [0.25, 0.3) is 0 Å². The van der Waals surface area contributed by atoms with Gasteiger partial charge < -0.3 is 15.7 Å². The summed E-state index contributed by atoms with van der Waals surface area (Å²) in [6.45, 7) is 1.87. The van der Waals surface area contributed by atoms with E-state index in [9.17, 15) is 18.0 Å². The lowest BCUT2D eigenvalue weighted by atomic mass is 10.1. The summed E-state index contributed by atoms with van der Waals surface area (Å²) in [4.78, 5) is 20.5. The van der Waals surface area contributed by atoms with Gasteiger partial charge in [-0.3, -0.25) is 4.79 Å². The second kappa shape index (κ2) is 10.7. The smallest absolute Gasteiger partial charge is 0.475 e. The second-order valence-corrected chi connectivity index (χ2v) is 5.74. The summed E-state index contributed by atoms with van der Waals surface area (Å²) in [5, 5.41) is 13.5. The van der Waals surface area contributed by atoms with Crippen LogP contribution in [-0.2, 0) is 16.0 Å². The molecule has 0 aromatic heterocycles. The molecule has 25 heavy (non-hydrogen) atoms. The predicted molar refractivity (Wildman–Crippen MR) is 87.1 cm³/mol. The van der Waals surface area contributed by atoms with Gasteiger partial charge in [-0.1, -0.05) is 30.3 Å². The van der Waals surface area contributed by atoms with E-state index in [0.717, 1.165) is 25.9 Å². The molecule has 1 saturated heterocycles. The Hall–Kier alpha value is -2.09. The van der Waals surface area contributed by atoms with E-state index >= 15 is 0 Å². The summed E-state index contributed by atoms with van der Waals surface area (Å²) < 4.78 is 31.7. The molecule has 1 aromatic carbocycles. The number of carboxylic acid groups (broad SMARTS) is 1. The van der Waals surface area contributed by atoms with Crippen LogP contribution in [0.1, 0.15) is 31.2 Å². The van der Waals surface area contributed by atoms with Crippen LogP contribution in [0.2, 0.25) is 0 Å². The molecule has 5 nitrogen and oxygen atoms in total. The number of aliphatic carboxylic acids is 1. The summed E-state index contributed by atoms with van der Waals surface area (Å²) in [5.41, 5.74) is 1.31. The van der Waals surface area contributed by atoms with E-state index in [2.05, 4.69) is 22.8 Å². The number of amides is 1. The van der Waals surface area contributed by atoms with Crippen molar-refractivity contribution in [3.05, 3.63) is 35.9 Å². The van der Waals surface area contributed by atoms with Crippen molar-refractivity contribution in [3.63, 3.8) is 0 Å². The van der Waals surface area contributed by atoms with Crippen LogP contribution in [0.5, 0.6) is 0 Å². The lowest BCUT2D eigenvalue weighted by molar-refractivity contribution is -0.192. The van der Waals surface area contributed by atoms with Crippen LogP contribution < -0.4 is 10.6 Å². The highest BCUT2D eigenvalue weighted by molar-refractivity contribution is 5.75. The minimum atomic E-state index is -5.08. The van der Waals surface area contributed by atoms with Gasteiger partial charge in [0.05, 0.1) is 0 Å². The molecule has 2 rings (SSSR count). The van der Waals surface area contributed by atoms with Crippen molar-refractivity contribution in [3.8, 4) is 0 Å². The highest BCUT2D eigenvalue weighted by atomic mass is 19.4. The highest BCUT2D eigenvalue weighted by Crippen LogP contribution is 2.13. The molecule has 140 valence electrons. The summed E-state index contributed by atoms with van der Waals surface area (Å²) in [6, 6.07) is 10.8. The molecule has 1 aromatic rings. The number of carbonyl (C=O) groups is 2. The fourth-order valence-corrected chi connectivity index (χ4v) is 2.35. The predicted octanol–water partition coefficient (Wildman–Crippen LogP) is 2.51. The zero-order valence-electron chi connectivity index (χ0n) is 13.8. The van der Waals surface area contributed by atoms with Gasteiger partial charge in [-0.05, 0) is 37.8 Å². The molecule has 8 heteroatoms. The molecule has 0 bridgehead atoms. The van der Waals surface area contributed by atoms with Crippen molar-refractivity contribution in [2.45, 2.75) is 44.3 Å². The van der Waals surface area contributed by atoms with E-state index in [4.69, 9.17) is 9.90 Å². The van der Waals surface area contributed by atoms with Crippen molar-refractivity contribution < 1.29 is 27.9 Å². The molecule has 1 aliphatic rings. The number of hydrogen-bond acceptors (Lipinski definition) is 3. The number of hydrogen-bond donors (Lipinski definition) is 3. The standard InChI is InChI=1S/C15H22N2O.C2HF3O2/c18-15(17-12-14-9-5-11-16-14)10-4-8-13-6-2-1-3-7-13;3-2(4,5)1(6)7/h1-3,6-7,14,16H,4-5,8-12H2,(H,17,18);(H,6,7)/t14-;/m1./s1. The number of alkyl halides is 3. The maximum absolute atomic E-state index is 11.7. The second-order valence-electron chi connectivity index (χ2n) is 5.74. The third kappa shape index (κ3) is 9.71. The van der Waals surface area contributed by atoms with Crippen LogP contribution in [0.15, 0.2) is 30.3 Å². The Kier molecular flexibility index (Phi) is 8.98.